The number of nitrogens with one attached hydrogen (secondary N) is 1. The molecular weight excluding hydrogens is 490 g/mol. The molecule has 1 amide bonds. The van der Waals surface area contributed by atoms with Crippen LogP contribution in [0.4, 0.5) is 0 Å². The van der Waals surface area contributed by atoms with Crippen molar-refractivity contribution in [2.45, 2.75) is 20.0 Å². The Labute approximate surface area is 219 Å². The first-order valence-electron chi connectivity index (χ1n) is 11.6. The molecule has 37 heavy (non-hydrogen) atoms. The van der Waals surface area contributed by atoms with E-state index in [1.54, 1.807) is 42.5 Å². The summed E-state index contributed by atoms with van der Waals surface area (Å²) in [4.78, 5) is 12.5. The van der Waals surface area contributed by atoms with Gasteiger partial charge < -0.3 is 13.9 Å². The van der Waals surface area contributed by atoms with E-state index in [0.717, 1.165) is 16.5 Å². The molecule has 0 aliphatic rings. The molecular formula is C29H24ClN3O4. The summed E-state index contributed by atoms with van der Waals surface area (Å²) in [6.07, 6.45) is 3.80. The number of carbonyl (C=O) groups is 1. The van der Waals surface area contributed by atoms with Gasteiger partial charge in [-0.15, -0.1) is 6.58 Å². The minimum Gasteiger partial charge on any atom is -0.490 e. The van der Waals surface area contributed by atoms with Crippen molar-refractivity contribution in [2.24, 2.45) is 5.10 Å². The number of rotatable bonds is 10. The number of allylic oxidation sites excluding steroid dienone is 1. The van der Waals surface area contributed by atoms with E-state index < -0.39 is 5.91 Å². The van der Waals surface area contributed by atoms with E-state index in [1.807, 2.05) is 31.2 Å². The molecule has 0 aliphatic heterocycles. The summed E-state index contributed by atoms with van der Waals surface area (Å²) in [6.45, 7) is 6.35. The molecule has 0 spiro atoms. The second-order valence-electron chi connectivity index (χ2n) is 7.98. The van der Waals surface area contributed by atoms with Crippen LogP contribution >= 0.6 is 11.6 Å². The van der Waals surface area contributed by atoms with E-state index in [1.165, 1.54) is 6.21 Å². The maximum Gasteiger partial charge on any atom is 0.307 e. The number of hydrazone groups is 1. The topological polar surface area (TPSA) is 96.8 Å². The Kier molecular flexibility index (Phi) is 8.24. The Morgan fingerprint density at radius 2 is 2.00 bits per heavy atom. The monoisotopic (exact) mass is 513 g/mol. The van der Waals surface area contributed by atoms with Crippen LogP contribution < -0.4 is 14.9 Å². The molecule has 7 nitrogen and oxygen atoms in total. The maximum atomic E-state index is 12.5. The zero-order valence-electron chi connectivity index (χ0n) is 20.2. The summed E-state index contributed by atoms with van der Waals surface area (Å²) in [5.74, 6) is 0.726. The third-order valence-electron chi connectivity index (χ3n) is 5.41. The summed E-state index contributed by atoms with van der Waals surface area (Å²) < 4.78 is 17.6. The van der Waals surface area contributed by atoms with E-state index in [4.69, 9.17) is 25.5 Å². The van der Waals surface area contributed by atoms with Crippen molar-refractivity contribution in [3.8, 4) is 17.6 Å². The maximum absolute atomic E-state index is 12.5. The predicted molar refractivity (Wildman–Crippen MR) is 143 cm³/mol. The first-order chi connectivity index (χ1) is 18.0. The highest BCUT2D eigenvalue weighted by atomic mass is 35.5. The molecule has 0 unspecified atom stereocenters. The lowest BCUT2D eigenvalue weighted by atomic mass is 10.1. The number of carbonyl (C=O) groups excluding carboxylic acids is 1. The van der Waals surface area contributed by atoms with Gasteiger partial charge >= 0.3 is 5.91 Å². The second kappa shape index (κ2) is 11.9. The lowest BCUT2D eigenvalue weighted by Crippen LogP contribution is -2.16. The number of fused-ring (bicyclic) bond motifs is 1. The van der Waals surface area contributed by atoms with Crippen LogP contribution in [0.5, 0.6) is 11.5 Å². The van der Waals surface area contributed by atoms with Crippen LogP contribution in [-0.2, 0) is 13.0 Å². The molecule has 0 saturated heterocycles. The highest BCUT2D eigenvalue weighted by Gasteiger charge is 2.15. The average Bonchev–Trinajstić information content (AvgIpc) is 3.32. The fourth-order valence-electron chi connectivity index (χ4n) is 3.74. The minimum absolute atomic E-state index is 0.123. The van der Waals surface area contributed by atoms with E-state index in [0.29, 0.717) is 46.3 Å². The molecule has 0 atom stereocenters. The van der Waals surface area contributed by atoms with Crippen LogP contribution in [0.15, 0.2) is 82.8 Å². The number of halogens is 1. The highest BCUT2D eigenvalue weighted by molar-refractivity contribution is 6.31. The van der Waals surface area contributed by atoms with Crippen molar-refractivity contribution >= 4 is 34.7 Å². The van der Waals surface area contributed by atoms with Crippen molar-refractivity contribution in [2.75, 3.05) is 6.61 Å². The Hall–Kier alpha value is -4.54. The third-order valence-corrected chi connectivity index (χ3v) is 5.64. The molecule has 8 heteroatoms. The molecule has 1 heterocycles. The number of nitriles is 1. The fourth-order valence-corrected chi connectivity index (χ4v) is 3.92. The van der Waals surface area contributed by atoms with Crippen molar-refractivity contribution in [3.05, 3.63) is 106 Å². The zero-order chi connectivity index (χ0) is 26.2. The van der Waals surface area contributed by atoms with Gasteiger partial charge in [-0.05, 0) is 61.4 Å². The van der Waals surface area contributed by atoms with Crippen molar-refractivity contribution in [1.29, 1.82) is 5.26 Å². The Bertz CT molecular complexity index is 1520. The van der Waals surface area contributed by atoms with Crippen LogP contribution in [0.25, 0.3) is 11.0 Å². The molecule has 0 radical (unpaired) electrons. The van der Waals surface area contributed by atoms with Gasteiger partial charge in [0, 0.05) is 21.5 Å². The molecule has 1 N–H and O–H groups in total. The molecule has 0 fully saturated rings. The first kappa shape index (κ1) is 25.5. The number of hydrogen-bond acceptors (Lipinski definition) is 6. The quantitative estimate of drug-likeness (QED) is 0.150. The number of hydrogen-bond donors (Lipinski definition) is 1. The zero-order valence-corrected chi connectivity index (χ0v) is 20.9. The number of nitrogens with zero attached hydrogens (tertiary/aromatic N) is 2. The van der Waals surface area contributed by atoms with Crippen LogP contribution in [0.2, 0.25) is 5.02 Å². The lowest BCUT2D eigenvalue weighted by molar-refractivity contribution is 0.0929. The van der Waals surface area contributed by atoms with Crippen LogP contribution in [0.1, 0.15) is 39.7 Å². The van der Waals surface area contributed by atoms with Crippen LogP contribution in [0.3, 0.4) is 0 Å². The van der Waals surface area contributed by atoms with Gasteiger partial charge in [0.2, 0.25) is 0 Å². The molecule has 1 aromatic heterocycles. The smallest absolute Gasteiger partial charge is 0.307 e. The Morgan fingerprint density at radius 1 is 1.16 bits per heavy atom. The van der Waals surface area contributed by atoms with Gasteiger partial charge in [0.05, 0.1) is 24.5 Å². The van der Waals surface area contributed by atoms with Crippen molar-refractivity contribution < 1.29 is 18.7 Å². The molecule has 4 aromatic rings. The fraction of sp³-hybridized carbons (Fsp3) is 0.138. The Balaban J connectivity index is 1.54. The summed E-state index contributed by atoms with van der Waals surface area (Å²) in [6, 6.07) is 19.9. The molecule has 3 aromatic carbocycles. The van der Waals surface area contributed by atoms with Gasteiger partial charge in [-0.1, -0.05) is 35.9 Å². The average molecular weight is 514 g/mol. The summed E-state index contributed by atoms with van der Waals surface area (Å²) in [7, 11) is 0. The predicted octanol–water partition coefficient (Wildman–Crippen LogP) is 6.43. The normalized spacial score (nSPS) is 10.8. The van der Waals surface area contributed by atoms with Gasteiger partial charge in [0.15, 0.2) is 17.3 Å². The highest BCUT2D eigenvalue weighted by Crippen LogP contribution is 2.34. The SMILES string of the molecule is C=CCc1cc(/C=N\NC(=O)c2cc3cc(Cl)ccc3o2)cc(OCC)c1OCc1ccccc1C#N. The van der Waals surface area contributed by atoms with Gasteiger partial charge in [0.25, 0.3) is 0 Å². The minimum atomic E-state index is -0.490. The van der Waals surface area contributed by atoms with Crippen molar-refractivity contribution in [1.82, 2.24) is 5.43 Å². The molecule has 0 aliphatic carbocycles. The third kappa shape index (κ3) is 6.18. The Morgan fingerprint density at radius 3 is 2.78 bits per heavy atom. The van der Waals surface area contributed by atoms with E-state index in [2.05, 4.69) is 23.2 Å². The van der Waals surface area contributed by atoms with Crippen molar-refractivity contribution in [3.63, 3.8) is 0 Å². The van der Waals surface area contributed by atoms with Gasteiger partial charge in [0.1, 0.15) is 12.2 Å². The van der Waals surface area contributed by atoms with Gasteiger partial charge in [-0.25, -0.2) is 5.43 Å². The lowest BCUT2D eigenvalue weighted by Gasteiger charge is -2.17. The van der Waals surface area contributed by atoms with Gasteiger partial charge in [-0.2, -0.15) is 10.4 Å². The molecule has 4 rings (SSSR count). The van der Waals surface area contributed by atoms with E-state index >= 15 is 0 Å². The summed E-state index contributed by atoms with van der Waals surface area (Å²) in [5, 5.41) is 14.7. The number of ether oxygens (including phenoxy) is 2. The standard InChI is InChI=1S/C29H24ClN3O4/c1-3-7-20-12-19(17-32-33-29(34)27-15-23-14-24(30)10-11-25(23)37-27)13-26(35-4-2)28(20)36-18-22-9-6-5-8-21(22)16-31/h3,5-6,8-15,17H,1,4,7,18H2,2H3,(H,33,34)/b32-17-. The number of furan rings is 1. The number of amides is 1. The number of benzene rings is 3. The largest absolute Gasteiger partial charge is 0.490 e. The van der Waals surface area contributed by atoms with Crippen LogP contribution in [0, 0.1) is 11.3 Å². The van der Waals surface area contributed by atoms with E-state index in [9.17, 15) is 10.1 Å². The molecule has 0 bridgehead atoms. The molecule has 186 valence electrons. The first-order valence-corrected chi connectivity index (χ1v) is 11.9. The summed E-state index contributed by atoms with van der Waals surface area (Å²) >= 11 is 6.00. The van der Waals surface area contributed by atoms with E-state index in [-0.39, 0.29) is 12.4 Å². The van der Waals surface area contributed by atoms with Gasteiger partial charge in [-0.3, -0.25) is 4.79 Å². The summed E-state index contributed by atoms with van der Waals surface area (Å²) in [5.41, 5.74) is 5.89. The second-order valence-corrected chi connectivity index (χ2v) is 8.42. The van der Waals surface area contributed by atoms with Crippen LogP contribution in [-0.4, -0.2) is 18.7 Å². The molecule has 0 saturated carbocycles.